The van der Waals surface area contributed by atoms with Crippen LogP contribution in [-0.4, -0.2) is 37.9 Å². The maximum Gasteiger partial charge on any atom is 0.387 e. The van der Waals surface area contributed by atoms with E-state index in [0.29, 0.717) is 29.0 Å². The maximum absolute atomic E-state index is 13.0. The molecule has 1 unspecified atom stereocenters. The number of pyridine rings is 2. The number of aromatic nitrogens is 2. The van der Waals surface area contributed by atoms with E-state index in [4.69, 9.17) is 4.74 Å². The summed E-state index contributed by atoms with van der Waals surface area (Å²) in [5, 5.41) is 0. The van der Waals surface area contributed by atoms with Crippen molar-refractivity contribution in [3.8, 4) is 23.1 Å². The second-order valence-corrected chi connectivity index (χ2v) is 10.3. The van der Waals surface area contributed by atoms with Crippen molar-refractivity contribution < 1.29 is 40.2 Å². The summed E-state index contributed by atoms with van der Waals surface area (Å²) in [6, 6.07) is 17.1. The quantitative estimate of drug-likeness (QED) is 0.200. The predicted molar refractivity (Wildman–Crippen MR) is 139 cm³/mol. The second-order valence-electron chi connectivity index (χ2n) is 8.51. The van der Waals surface area contributed by atoms with Crippen molar-refractivity contribution >= 4 is 15.7 Å². The predicted octanol–water partition coefficient (Wildman–Crippen LogP) is 6.22. The molecular formula is C27H23F4N3O5S. The van der Waals surface area contributed by atoms with Gasteiger partial charge in [0.1, 0.15) is 5.75 Å². The Bertz CT molecular complexity index is 1530. The van der Waals surface area contributed by atoms with Crippen LogP contribution < -0.4 is 18.9 Å². The fraction of sp³-hybridized carbons (Fsp3) is 0.185. The van der Waals surface area contributed by atoms with Gasteiger partial charge in [0.25, 0.3) is 0 Å². The molecule has 0 aliphatic rings. The van der Waals surface area contributed by atoms with Crippen LogP contribution in [0.3, 0.4) is 0 Å². The number of nitrogens with zero attached hydrogens (tertiary/aromatic N) is 2. The minimum absolute atomic E-state index is 0.213. The number of ether oxygens (including phenoxy) is 3. The molecule has 0 bridgehead atoms. The summed E-state index contributed by atoms with van der Waals surface area (Å²) in [5.74, 6) is -0.943. The highest BCUT2D eigenvalue weighted by Crippen LogP contribution is 2.37. The zero-order chi connectivity index (χ0) is 28.7. The van der Waals surface area contributed by atoms with Gasteiger partial charge >= 0.3 is 13.2 Å². The standard InChI is InChI=1S/C27H23F4N3O5S/c1-40(35,36)34-20-3-2-4-21(15-20)37-25-8-6-19(16-33-25)22(13-17-9-11-32-12-10-17)18-5-7-23(38-26(28)29)24(14-18)39-27(30)31/h2-12,14-16,22,26-27,34H,13H2,1H3. The first-order chi connectivity index (χ1) is 19.1. The van der Waals surface area contributed by atoms with Crippen LogP contribution in [-0.2, 0) is 16.4 Å². The lowest BCUT2D eigenvalue weighted by atomic mass is 9.87. The zero-order valence-corrected chi connectivity index (χ0v) is 21.7. The van der Waals surface area contributed by atoms with E-state index in [1.807, 2.05) is 0 Å². The molecule has 8 nitrogen and oxygen atoms in total. The van der Waals surface area contributed by atoms with Crippen molar-refractivity contribution in [1.82, 2.24) is 9.97 Å². The van der Waals surface area contributed by atoms with E-state index in [-0.39, 0.29) is 5.88 Å². The van der Waals surface area contributed by atoms with Crippen molar-refractivity contribution in [3.05, 3.63) is 102 Å². The number of benzene rings is 2. The molecular weight excluding hydrogens is 554 g/mol. The molecule has 4 aromatic rings. The lowest BCUT2D eigenvalue weighted by molar-refractivity contribution is -0.0692. The van der Waals surface area contributed by atoms with E-state index in [1.165, 1.54) is 24.4 Å². The first-order valence-corrected chi connectivity index (χ1v) is 13.6. The number of alkyl halides is 4. The number of halogens is 4. The van der Waals surface area contributed by atoms with Gasteiger partial charge in [-0.1, -0.05) is 18.2 Å². The highest BCUT2D eigenvalue weighted by Gasteiger charge is 2.21. The van der Waals surface area contributed by atoms with Gasteiger partial charge in [0.05, 0.1) is 11.9 Å². The average molecular weight is 578 g/mol. The maximum atomic E-state index is 13.0. The number of anilines is 1. The second kappa shape index (κ2) is 12.6. The number of nitrogens with one attached hydrogen (secondary N) is 1. The van der Waals surface area contributed by atoms with Crippen molar-refractivity contribution in [2.24, 2.45) is 0 Å². The van der Waals surface area contributed by atoms with Gasteiger partial charge < -0.3 is 14.2 Å². The van der Waals surface area contributed by atoms with E-state index >= 15 is 0 Å². The molecule has 2 aromatic heterocycles. The summed E-state index contributed by atoms with van der Waals surface area (Å²) >= 11 is 0. The summed E-state index contributed by atoms with van der Waals surface area (Å²) in [7, 11) is -3.47. The Morgan fingerprint density at radius 1 is 0.850 bits per heavy atom. The van der Waals surface area contributed by atoms with E-state index < -0.39 is 40.7 Å². The molecule has 4 rings (SSSR count). The Labute approximate surface area is 227 Å². The molecule has 0 amide bonds. The fourth-order valence-corrected chi connectivity index (χ4v) is 4.48. The van der Waals surface area contributed by atoms with Crippen LogP contribution in [0.25, 0.3) is 0 Å². The molecule has 2 heterocycles. The molecule has 1 N–H and O–H groups in total. The molecule has 0 saturated carbocycles. The van der Waals surface area contributed by atoms with E-state index in [9.17, 15) is 26.0 Å². The molecule has 0 aliphatic heterocycles. The fourth-order valence-electron chi connectivity index (χ4n) is 3.92. The topological polar surface area (TPSA) is 99.6 Å². The van der Waals surface area contributed by atoms with Crippen LogP contribution in [0, 0.1) is 0 Å². The highest BCUT2D eigenvalue weighted by molar-refractivity contribution is 7.92. The molecule has 2 aromatic carbocycles. The summed E-state index contributed by atoms with van der Waals surface area (Å²) in [6.45, 7) is -6.48. The summed E-state index contributed by atoms with van der Waals surface area (Å²) in [5.41, 5.74) is 2.35. The van der Waals surface area contributed by atoms with Crippen molar-refractivity contribution in [2.45, 2.75) is 25.6 Å². The molecule has 13 heteroatoms. The van der Waals surface area contributed by atoms with Gasteiger partial charge in [-0.05, 0) is 59.5 Å². The number of hydrogen-bond donors (Lipinski definition) is 1. The molecule has 0 saturated heterocycles. The van der Waals surface area contributed by atoms with Gasteiger partial charge in [-0.15, -0.1) is 0 Å². The van der Waals surface area contributed by atoms with Crippen LogP contribution in [0.5, 0.6) is 23.1 Å². The van der Waals surface area contributed by atoms with Gasteiger partial charge in [-0.2, -0.15) is 17.6 Å². The Morgan fingerprint density at radius 3 is 2.20 bits per heavy atom. The van der Waals surface area contributed by atoms with E-state index in [1.54, 1.807) is 54.9 Å². The Balaban J connectivity index is 1.64. The molecule has 0 aliphatic carbocycles. The summed E-state index contributed by atoms with van der Waals surface area (Å²) in [4.78, 5) is 8.35. The minimum Gasteiger partial charge on any atom is -0.439 e. The summed E-state index contributed by atoms with van der Waals surface area (Å²) in [6.07, 6.45) is 6.19. The number of sulfonamides is 1. The minimum atomic E-state index is -3.47. The number of rotatable bonds is 12. The Hall–Kier alpha value is -4.39. The molecule has 0 spiro atoms. The largest absolute Gasteiger partial charge is 0.439 e. The summed E-state index contributed by atoms with van der Waals surface area (Å²) < 4.78 is 91.7. The van der Waals surface area contributed by atoms with Gasteiger partial charge in [0.15, 0.2) is 11.5 Å². The highest BCUT2D eigenvalue weighted by atomic mass is 32.2. The zero-order valence-electron chi connectivity index (χ0n) is 20.9. The lowest BCUT2D eigenvalue weighted by Gasteiger charge is -2.20. The Morgan fingerprint density at radius 2 is 1.55 bits per heavy atom. The third-order valence-electron chi connectivity index (χ3n) is 5.51. The lowest BCUT2D eigenvalue weighted by Crippen LogP contribution is -2.10. The van der Waals surface area contributed by atoms with Gasteiger partial charge in [-0.3, -0.25) is 9.71 Å². The molecule has 1 atom stereocenters. The van der Waals surface area contributed by atoms with Crippen molar-refractivity contribution in [1.29, 1.82) is 0 Å². The normalized spacial score (nSPS) is 12.3. The Kier molecular flexibility index (Phi) is 9.04. The first-order valence-electron chi connectivity index (χ1n) is 11.7. The van der Waals surface area contributed by atoms with E-state index in [0.717, 1.165) is 17.9 Å². The smallest absolute Gasteiger partial charge is 0.387 e. The SMILES string of the molecule is CS(=O)(=O)Nc1cccc(Oc2ccc(C(Cc3ccncc3)c3ccc(OC(F)F)c(OC(F)F)c3)cn2)c1. The van der Waals surface area contributed by atoms with Crippen molar-refractivity contribution in [2.75, 3.05) is 11.0 Å². The van der Waals surface area contributed by atoms with Crippen molar-refractivity contribution in [3.63, 3.8) is 0 Å². The molecule has 40 heavy (non-hydrogen) atoms. The van der Waals surface area contributed by atoms with Gasteiger partial charge in [-0.25, -0.2) is 13.4 Å². The number of hydrogen-bond acceptors (Lipinski definition) is 7. The van der Waals surface area contributed by atoms with Gasteiger partial charge in [0.2, 0.25) is 15.9 Å². The molecule has 210 valence electrons. The van der Waals surface area contributed by atoms with Crippen LogP contribution in [0.1, 0.15) is 22.6 Å². The first kappa shape index (κ1) is 28.6. The molecule has 0 fully saturated rings. The van der Waals surface area contributed by atoms with Gasteiger partial charge in [0, 0.05) is 36.6 Å². The molecule has 0 radical (unpaired) electrons. The van der Waals surface area contributed by atoms with Crippen LogP contribution in [0.15, 0.2) is 85.3 Å². The third kappa shape index (κ3) is 8.30. The average Bonchev–Trinajstić information content (AvgIpc) is 2.88. The third-order valence-corrected chi connectivity index (χ3v) is 6.12. The van der Waals surface area contributed by atoms with Crippen LogP contribution in [0.4, 0.5) is 23.2 Å². The monoisotopic (exact) mass is 577 g/mol. The van der Waals surface area contributed by atoms with E-state index in [2.05, 4.69) is 24.2 Å². The van der Waals surface area contributed by atoms with Crippen LogP contribution in [0.2, 0.25) is 0 Å². The van der Waals surface area contributed by atoms with Crippen LogP contribution >= 0.6 is 0 Å².